The Kier molecular flexibility index (Phi) is 6.13. The first-order valence-electron chi connectivity index (χ1n) is 9.14. The lowest BCUT2D eigenvalue weighted by molar-refractivity contribution is -0.384. The van der Waals surface area contributed by atoms with Gasteiger partial charge in [0.15, 0.2) is 0 Å². The lowest BCUT2D eigenvalue weighted by Crippen LogP contribution is -2.37. The van der Waals surface area contributed by atoms with Crippen LogP contribution in [0.15, 0.2) is 47.3 Å². The number of thiazole rings is 1. The maximum Gasteiger partial charge on any atom is 0.308 e. The highest BCUT2D eigenvalue weighted by molar-refractivity contribution is 7.92. The highest BCUT2D eigenvalue weighted by Crippen LogP contribution is 2.25. The summed E-state index contributed by atoms with van der Waals surface area (Å²) in [5.74, 6) is -0.632. The Bertz CT molecular complexity index is 1330. The molecule has 1 aromatic heterocycles. The van der Waals surface area contributed by atoms with Crippen LogP contribution in [0.2, 0.25) is 0 Å². The summed E-state index contributed by atoms with van der Waals surface area (Å²) in [4.78, 5) is 35.0. The maximum absolute atomic E-state index is 12.6. The number of amides is 1. The number of non-ortho nitro benzene ring substituents is 1. The standard InChI is InChI=1S/C19H20N4O6S2/c1-12(2)22-16-8-7-13(9-17(16)30-19(22)25)20-18(24)11-21(31(3,28)29)14-5-4-6-15(10-14)23(26)27/h4-10,12H,11H2,1-3H3,(H,20,24). The molecule has 1 N–H and O–H groups in total. The summed E-state index contributed by atoms with van der Waals surface area (Å²) in [5.41, 5.74) is 0.871. The monoisotopic (exact) mass is 464 g/mol. The molecule has 3 aromatic rings. The highest BCUT2D eigenvalue weighted by Gasteiger charge is 2.23. The van der Waals surface area contributed by atoms with Gasteiger partial charge in [0, 0.05) is 23.9 Å². The first kappa shape index (κ1) is 22.4. The number of nitro groups is 1. The van der Waals surface area contributed by atoms with Gasteiger partial charge in [0.2, 0.25) is 15.9 Å². The molecule has 0 atom stereocenters. The number of carbonyl (C=O) groups is 1. The highest BCUT2D eigenvalue weighted by atomic mass is 32.2. The fourth-order valence-corrected chi connectivity index (χ4v) is 5.00. The number of aromatic nitrogens is 1. The second-order valence-corrected chi connectivity index (χ2v) is 10.0. The van der Waals surface area contributed by atoms with Crippen molar-refractivity contribution < 1.29 is 18.1 Å². The van der Waals surface area contributed by atoms with Gasteiger partial charge in [-0.1, -0.05) is 17.4 Å². The fourth-order valence-electron chi connectivity index (χ4n) is 3.10. The summed E-state index contributed by atoms with van der Waals surface area (Å²) in [6.07, 6.45) is 0.914. The van der Waals surface area contributed by atoms with Crippen LogP contribution in [-0.4, -0.2) is 36.6 Å². The molecule has 0 fully saturated rings. The number of anilines is 2. The van der Waals surface area contributed by atoms with Gasteiger partial charge in [-0.3, -0.25) is 28.6 Å². The third-order valence-electron chi connectivity index (χ3n) is 4.43. The predicted octanol–water partition coefficient (Wildman–Crippen LogP) is 2.96. The second-order valence-electron chi connectivity index (χ2n) is 7.11. The Balaban J connectivity index is 1.86. The molecule has 0 bridgehead atoms. The second kappa shape index (κ2) is 8.47. The Morgan fingerprint density at radius 1 is 1.26 bits per heavy atom. The van der Waals surface area contributed by atoms with Crippen molar-refractivity contribution in [2.24, 2.45) is 0 Å². The van der Waals surface area contributed by atoms with Gasteiger partial charge in [-0.15, -0.1) is 0 Å². The average molecular weight is 465 g/mol. The van der Waals surface area contributed by atoms with E-state index in [4.69, 9.17) is 0 Å². The molecule has 164 valence electrons. The third-order valence-corrected chi connectivity index (χ3v) is 6.49. The van der Waals surface area contributed by atoms with E-state index in [0.717, 1.165) is 33.5 Å². The number of carbonyl (C=O) groups excluding carboxylic acids is 1. The van der Waals surface area contributed by atoms with Crippen LogP contribution in [0.4, 0.5) is 17.1 Å². The van der Waals surface area contributed by atoms with Gasteiger partial charge in [0.1, 0.15) is 6.54 Å². The van der Waals surface area contributed by atoms with Crippen LogP contribution in [0.1, 0.15) is 19.9 Å². The molecule has 31 heavy (non-hydrogen) atoms. The van der Waals surface area contributed by atoms with Gasteiger partial charge in [0.05, 0.1) is 27.1 Å². The van der Waals surface area contributed by atoms with Gasteiger partial charge in [0.25, 0.3) is 5.69 Å². The molecule has 0 unspecified atom stereocenters. The fraction of sp³-hybridized carbons (Fsp3) is 0.263. The van der Waals surface area contributed by atoms with Gasteiger partial charge >= 0.3 is 4.87 Å². The first-order chi connectivity index (χ1) is 14.5. The van der Waals surface area contributed by atoms with Crippen LogP contribution < -0.4 is 14.5 Å². The van der Waals surface area contributed by atoms with Gasteiger partial charge in [-0.05, 0) is 38.1 Å². The molecular weight excluding hydrogens is 444 g/mol. The third kappa shape index (κ3) is 4.91. The minimum absolute atomic E-state index is 0.00882. The van der Waals surface area contributed by atoms with E-state index in [1.54, 1.807) is 22.8 Å². The molecule has 0 saturated heterocycles. The van der Waals surface area contributed by atoms with Crippen molar-refractivity contribution in [2.45, 2.75) is 19.9 Å². The topological polar surface area (TPSA) is 132 Å². The quantitative estimate of drug-likeness (QED) is 0.422. The van der Waals surface area contributed by atoms with Gasteiger partial charge < -0.3 is 5.32 Å². The van der Waals surface area contributed by atoms with E-state index in [2.05, 4.69) is 5.32 Å². The maximum atomic E-state index is 12.6. The lowest BCUT2D eigenvalue weighted by atomic mass is 10.2. The zero-order chi connectivity index (χ0) is 22.9. The van der Waals surface area contributed by atoms with E-state index in [1.165, 1.54) is 18.2 Å². The molecule has 0 spiro atoms. The lowest BCUT2D eigenvalue weighted by Gasteiger charge is -2.21. The van der Waals surface area contributed by atoms with Crippen molar-refractivity contribution in [1.29, 1.82) is 0 Å². The number of nitrogens with one attached hydrogen (secondary N) is 1. The Morgan fingerprint density at radius 3 is 2.58 bits per heavy atom. The summed E-state index contributed by atoms with van der Waals surface area (Å²) in [6.45, 7) is 3.23. The zero-order valence-corrected chi connectivity index (χ0v) is 18.6. The summed E-state index contributed by atoms with van der Waals surface area (Å²) in [7, 11) is -3.89. The molecule has 0 aliphatic rings. The minimum atomic E-state index is -3.89. The molecule has 0 aliphatic carbocycles. The smallest absolute Gasteiger partial charge is 0.308 e. The Labute approximate surface area is 181 Å². The van der Waals surface area contributed by atoms with Crippen molar-refractivity contribution in [1.82, 2.24) is 4.57 Å². The number of sulfonamides is 1. The van der Waals surface area contributed by atoms with Crippen molar-refractivity contribution >= 4 is 54.5 Å². The molecule has 1 amide bonds. The molecule has 0 aliphatic heterocycles. The van der Waals surface area contributed by atoms with E-state index in [-0.39, 0.29) is 22.3 Å². The number of nitrogens with zero attached hydrogens (tertiary/aromatic N) is 3. The van der Waals surface area contributed by atoms with E-state index >= 15 is 0 Å². The summed E-state index contributed by atoms with van der Waals surface area (Å²) < 4.78 is 27.6. The van der Waals surface area contributed by atoms with E-state index in [0.29, 0.717) is 10.4 Å². The SMILES string of the molecule is CC(C)n1c(=O)sc2cc(NC(=O)CN(c3cccc([N+](=O)[O-])c3)S(C)(=O)=O)ccc21. The van der Waals surface area contributed by atoms with Gasteiger partial charge in [-0.2, -0.15) is 0 Å². The molecule has 1 heterocycles. The molecule has 12 heteroatoms. The van der Waals surface area contributed by atoms with Crippen molar-refractivity contribution in [3.63, 3.8) is 0 Å². The van der Waals surface area contributed by atoms with E-state index in [9.17, 15) is 28.1 Å². The molecule has 2 aromatic carbocycles. The molecule has 0 saturated carbocycles. The van der Waals surface area contributed by atoms with Gasteiger partial charge in [-0.25, -0.2) is 8.42 Å². The van der Waals surface area contributed by atoms with Crippen LogP contribution in [0.25, 0.3) is 10.2 Å². The number of hydrogen-bond acceptors (Lipinski definition) is 7. The largest absolute Gasteiger partial charge is 0.324 e. The Morgan fingerprint density at radius 2 is 1.97 bits per heavy atom. The number of nitro benzene ring substituents is 1. The predicted molar refractivity (Wildman–Crippen MR) is 120 cm³/mol. The summed E-state index contributed by atoms with van der Waals surface area (Å²) >= 11 is 1.05. The molecule has 10 nitrogen and oxygen atoms in total. The normalized spacial score (nSPS) is 11.6. The average Bonchev–Trinajstić information content (AvgIpc) is 3.00. The van der Waals surface area contributed by atoms with Crippen LogP contribution >= 0.6 is 11.3 Å². The summed E-state index contributed by atoms with van der Waals surface area (Å²) in [5, 5.41) is 13.6. The van der Waals surface area contributed by atoms with Crippen LogP contribution in [0.5, 0.6) is 0 Å². The van der Waals surface area contributed by atoms with Crippen LogP contribution in [-0.2, 0) is 14.8 Å². The number of rotatable bonds is 7. The van der Waals surface area contributed by atoms with E-state index in [1.807, 2.05) is 13.8 Å². The molecule has 3 rings (SSSR count). The first-order valence-corrected chi connectivity index (χ1v) is 11.8. The van der Waals surface area contributed by atoms with Crippen molar-refractivity contribution in [2.75, 3.05) is 22.4 Å². The number of hydrogen-bond donors (Lipinski definition) is 1. The van der Waals surface area contributed by atoms with Crippen LogP contribution in [0, 0.1) is 10.1 Å². The van der Waals surface area contributed by atoms with Crippen molar-refractivity contribution in [3.8, 4) is 0 Å². The minimum Gasteiger partial charge on any atom is -0.324 e. The van der Waals surface area contributed by atoms with Crippen molar-refractivity contribution in [3.05, 3.63) is 62.2 Å². The van der Waals surface area contributed by atoms with E-state index < -0.39 is 27.4 Å². The summed E-state index contributed by atoms with van der Waals surface area (Å²) in [6, 6.07) is 10.0. The zero-order valence-electron chi connectivity index (χ0n) is 16.9. The van der Waals surface area contributed by atoms with Crippen LogP contribution in [0.3, 0.4) is 0 Å². The Hall–Kier alpha value is -3.25. The number of fused-ring (bicyclic) bond motifs is 1. The molecular formula is C19H20N4O6S2. The number of benzene rings is 2. The molecule has 0 radical (unpaired) electrons.